The van der Waals surface area contributed by atoms with Crippen LogP contribution in [0.5, 0.6) is 0 Å². The van der Waals surface area contributed by atoms with E-state index in [0.717, 1.165) is 60.6 Å². The monoisotopic (exact) mass is 415 g/mol. The molecule has 1 N–H and O–H groups in total. The van der Waals surface area contributed by atoms with E-state index in [9.17, 15) is 0 Å². The van der Waals surface area contributed by atoms with Gasteiger partial charge in [0, 0.05) is 18.4 Å². The van der Waals surface area contributed by atoms with Crippen molar-refractivity contribution in [2.75, 3.05) is 0 Å². The van der Waals surface area contributed by atoms with Gasteiger partial charge in [0.25, 0.3) is 0 Å². The number of unbranched alkanes of at least 4 members (excludes halogenated alkanes) is 1. The van der Waals surface area contributed by atoms with Gasteiger partial charge in [-0.05, 0) is 39.5 Å². The van der Waals surface area contributed by atoms with Crippen molar-refractivity contribution in [1.82, 2.24) is 35.4 Å². The summed E-state index contributed by atoms with van der Waals surface area (Å²) < 4.78 is 2.08. The molecule has 0 saturated carbocycles. The Morgan fingerprint density at radius 1 is 1.00 bits per heavy atom. The van der Waals surface area contributed by atoms with E-state index in [4.69, 9.17) is 10.1 Å². The van der Waals surface area contributed by atoms with Gasteiger partial charge >= 0.3 is 0 Å². The van der Waals surface area contributed by atoms with Crippen molar-refractivity contribution in [3.05, 3.63) is 65.7 Å². The van der Waals surface area contributed by atoms with Gasteiger partial charge in [0.2, 0.25) is 0 Å². The number of nitrogens with one attached hydrogen (secondary N) is 1. The number of hydrogen-bond acceptors (Lipinski definition) is 5. The van der Waals surface area contributed by atoms with Crippen molar-refractivity contribution < 1.29 is 0 Å². The molecule has 0 bridgehead atoms. The second kappa shape index (κ2) is 9.64. The Morgan fingerprint density at radius 2 is 1.77 bits per heavy atom. The summed E-state index contributed by atoms with van der Waals surface area (Å²) in [5.74, 6) is 3.25. The van der Waals surface area contributed by atoms with Crippen LogP contribution >= 0.6 is 0 Å². The molecule has 160 valence electrons. The van der Waals surface area contributed by atoms with Crippen LogP contribution < -0.4 is 0 Å². The summed E-state index contributed by atoms with van der Waals surface area (Å²) in [6.07, 6.45) is 4.16. The Bertz CT molecular complexity index is 1100. The van der Waals surface area contributed by atoms with Crippen LogP contribution in [0.15, 0.2) is 48.5 Å². The molecular weight excluding hydrogens is 386 g/mol. The number of H-pyrrole nitrogens is 1. The fourth-order valence-electron chi connectivity index (χ4n) is 3.69. The predicted molar refractivity (Wildman–Crippen MR) is 121 cm³/mol. The minimum absolute atomic E-state index is 0.548. The van der Waals surface area contributed by atoms with Crippen molar-refractivity contribution in [3.8, 4) is 22.5 Å². The summed E-state index contributed by atoms with van der Waals surface area (Å²) in [6, 6.07) is 16.8. The van der Waals surface area contributed by atoms with Crippen molar-refractivity contribution in [1.29, 1.82) is 0 Å². The molecule has 0 aliphatic rings. The number of tetrazole rings is 1. The van der Waals surface area contributed by atoms with Crippen molar-refractivity contribution >= 4 is 0 Å². The van der Waals surface area contributed by atoms with E-state index in [0.29, 0.717) is 11.7 Å². The molecule has 0 unspecified atom stereocenters. The zero-order chi connectivity index (χ0) is 21.6. The van der Waals surface area contributed by atoms with E-state index in [1.165, 1.54) is 5.56 Å². The number of nitrogens with zero attached hydrogens (tertiary/aromatic N) is 6. The first kappa shape index (κ1) is 20.9. The molecule has 7 nitrogen and oxygen atoms in total. The lowest BCUT2D eigenvalue weighted by molar-refractivity contribution is 0.562. The van der Waals surface area contributed by atoms with Crippen molar-refractivity contribution in [2.45, 2.75) is 53.0 Å². The smallest absolute Gasteiger partial charge is 0.180 e. The third-order valence-electron chi connectivity index (χ3n) is 5.26. The van der Waals surface area contributed by atoms with Crippen LogP contribution in [0.4, 0.5) is 0 Å². The van der Waals surface area contributed by atoms with E-state index in [2.05, 4.69) is 76.4 Å². The summed E-state index contributed by atoms with van der Waals surface area (Å²) in [6.45, 7) is 7.38. The van der Waals surface area contributed by atoms with Gasteiger partial charge in [-0.25, -0.2) is 14.8 Å². The third-order valence-corrected chi connectivity index (χ3v) is 5.26. The molecule has 2 aromatic carbocycles. The molecule has 7 heteroatoms. The van der Waals surface area contributed by atoms with Gasteiger partial charge in [-0.15, -0.1) is 5.10 Å². The number of rotatable bonds is 9. The first-order chi connectivity index (χ1) is 15.1. The fraction of sp³-hybridized carbons (Fsp3) is 0.375. The van der Waals surface area contributed by atoms with Gasteiger partial charge in [0.05, 0.1) is 6.54 Å². The quantitative estimate of drug-likeness (QED) is 0.428. The van der Waals surface area contributed by atoms with Gasteiger partial charge < -0.3 is 0 Å². The van der Waals surface area contributed by atoms with Gasteiger partial charge in [-0.2, -0.15) is 5.10 Å². The van der Waals surface area contributed by atoms with Gasteiger partial charge in [0.15, 0.2) is 11.6 Å². The Morgan fingerprint density at radius 3 is 2.45 bits per heavy atom. The predicted octanol–water partition coefficient (Wildman–Crippen LogP) is 4.71. The van der Waals surface area contributed by atoms with Crippen molar-refractivity contribution in [2.24, 2.45) is 5.92 Å². The maximum atomic E-state index is 4.82. The van der Waals surface area contributed by atoms with Crippen LogP contribution in [-0.2, 0) is 19.4 Å². The highest BCUT2D eigenvalue weighted by Gasteiger charge is 2.13. The van der Waals surface area contributed by atoms with Crippen molar-refractivity contribution in [3.63, 3.8) is 0 Å². The SMILES string of the molecule is CCCCc1nc(CC(C)C)n(Cc2ccc(-c3ccccc3-c3nnn[nH]3)cc2)n1. The molecule has 4 aromatic rings. The number of aryl methyl sites for hydroxylation is 1. The first-order valence-electron chi connectivity index (χ1n) is 11.0. The van der Waals surface area contributed by atoms with E-state index in [1.807, 2.05) is 18.2 Å². The molecule has 2 aromatic heterocycles. The van der Waals surface area contributed by atoms with Gasteiger partial charge in [-0.1, -0.05) is 75.7 Å². The fourth-order valence-corrected chi connectivity index (χ4v) is 3.69. The maximum Gasteiger partial charge on any atom is 0.180 e. The molecule has 0 radical (unpaired) electrons. The zero-order valence-electron chi connectivity index (χ0n) is 18.4. The third kappa shape index (κ3) is 5.05. The molecule has 0 atom stereocenters. The topological polar surface area (TPSA) is 85.2 Å². The molecule has 2 heterocycles. The number of benzene rings is 2. The number of aromatic nitrogens is 7. The Hall–Kier alpha value is -3.35. The summed E-state index contributed by atoms with van der Waals surface area (Å²) in [4.78, 5) is 4.82. The van der Waals surface area contributed by atoms with Crippen LogP contribution in [-0.4, -0.2) is 35.4 Å². The summed E-state index contributed by atoms with van der Waals surface area (Å²) in [5, 5.41) is 19.1. The molecule has 0 saturated heterocycles. The highest BCUT2D eigenvalue weighted by Crippen LogP contribution is 2.29. The lowest BCUT2D eigenvalue weighted by Crippen LogP contribution is -2.09. The van der Waals surface area contributed by atoms with Gasteiger partial charge in [-0.3, -0.25) is 0 Å². The Labute approximate surface area is 182 Å². The lowest BCUT2D eigenvalue weighted by Gasteiger charge is -2.10. The molecular formula is C24H29N7. The minimum atomic E-state index is 0.548. The van der Waals surface area contributed by atoms with E-state index in [1.54, 1.807) is 0 Å². The zero-order valence-corrected chi connectivity index (χ0v) is 18.4. The summed E-state index contributed by atoms with van der Waals surface area (Å²) in [7, 11) is 0. The van der Waals surface area contributed by atoms with Gasteiger partial charge in [0.1, 0.15) is 5.82 Å². The highest BCUT2D eigenvalue weighted by atomic mass is 15.5. The number of aromatic amines is 1. The second-order valence-electron chi connectivity index (χ2n) is 8.30. The molecule has 0 amide bonds. The molecule has 0 aliphatic heterocycles. The minimum Gasteiger partial charge on any atom is -0.245 e. The molecule has 0 fully saturated rings. The summed E-state index contributed by atoms with van der Waals surface area (Å²) in [5.41, 5.74) is 4.41. The second-order valence-corrected chi connectivity index (χ2v) is 8.30. The van der Waals surface area contributed by atoms with E-state index in [-0.39, 0.29) is 0 Å². The van der Waals surface area contributed by atoms with E-state index >= 15 is 0 Å². The van der Waals surface area contributed by atoms with Crippen LogP contribution in [0, 0.1) is 5.92 Å². The lowest BCUT2D eigenvalue weighted by atomic mass is 9.98. The standard InChI is InChI=1S/C24H29N7/c1-4-5-10-22-25-23(15-17(2)3)31(28-22)16-18-11-13-19(14-12-18)20-8-6-7-9-21(20)24-26-29-30-27-24/h6-9,11-14,17H,4-5,10,15-16H2,1-3H3,(H,26,27,29,30). The van der Waals surface area contributed by atoms with E-state index < -0.39 is 0 Å². The number of hydrogen-bond donors (Lipinski definition) is 1. The average molecular weight is 416 g/mol. The van der Waals surface area contributed by atoms with Crippen LogP contribution in [0.25, 0.3) is 22.5 Å². The Balaban J connectivity index is 1.57. The van der Waals surface area contributed by atoms with Crippen LogP contribution in [0.2, 0.25) is 0 Å². The Kier molecular flexibility index (Phi) is 6.50. The molecule has 0 aliphatic carbocycles. The molecule has 31 heavy (non-hydrogen) atoms. The summed E-state index contributed by atoms with van der Waals surface area (Å²) >= 11 is 0. The van der Waals surface area contributed by atoms with Crippen LogP contribution in [0.1, 0.15) is 50.8 Å². The highest BCUT2D eigenvalue weighted by molar-refractivity contribution is 5.80. The molecule has 0 spiro atoms. The maximum absolute atomic E-state index is 4.82. The van der Waals surface area contributed by atoms with Crippen LogP contribution in [0.3, 0.4) is 0 Å². The first-order valence-corrected chi connectivity index (χ1v) is 11.0. The average Bonchev–Trinajstić information content (AvgIpc) is 3.43. The molecule has 4 rings (SSSR count). The normalized spacial score (nSPS) is 11.4. The largest absolute Gasteiger partial charge is 0.245 e.